The molecular formula is C22H34N2O4. The topological polar surface area (TPSA) is 51.2 Å². The van der Waals surface area contributed by atoms with E-state index < -0.39 is 0 Å². The highest BCUT2D eigenvalue weighted by Crippen LogP contribution is 2.40. The molecule has 6 heteroatoms. The van der Waals surface area contributed by atoms with Gasteiger partial charge in [0, 0.05) is 44.7 Å². The Kier molecular flexibility index (Phi) is 7.43. The predicted molar refractivity (Wildman–Crippen MR) is 109 cm³/mol. The second-order valence-corrected chi connectivity index (χ2v) is 7.84. The number of methoxy groups -OCH3 is 3. The molecule has 1 amide bonds. The van der Waals surface area contributed by atoms with Gasteiger partial charge >= 0.3 is 0 Å². The molecule has 6 nitrogen and oxygen atoms in total. The van der Waals surface area contributed by atoms with Crippen molar-refractivity contribution in [3.8, 4) is 17.2 Å². The minimum atomic E-state index is 0.329. The lowest BCUT2D eigenvalue weighted by molar-refractivity contribution is -0.133. The van der Waals surface area contributed by atoms with E-state index in [-0.39, 0.29) is 0 Å². The van der Waals surface area contributed by atoms with Crippen molar-refractivity contribution in [2.75, 3.05) is 47.5 Å². The third-order valence-corrected chi connectivity index (χ3v) is 6.15. The average Bonchev–Trinajstić information content (AvgIpc) is 3.25. The van der Waals surface area contributed by atoms with Crippen LogP contribution in [0.3, 0.4) is 0 Å². The van der Waals surface area contributed by atoms with Gasteiger partial charge in [0.2, 0.25) is 11.7 Å². The molecule has 0 radical (unpaired) electrons. The fraction of sp³-hybridized carbons (Fsp3) is 0.682. The van der Waals surface area contributed by atoms with Crippen molar-refractivity contribution in [1.29, 1.82) is 0 Å². The van der Waals surface area contributed by atoms with Crippen molar-refractivity contribution < 1.29 is 19.0 Å². The number of ether oxygens (including phenoxy) is 3. The van der Waals surface area contributed by atoms with Crippen LogP contribution in [0.25, 0.3) is 0 Å². The van der Waals surface area contributed by atoms with Crippen LogP contribution in [0, 0.1) is 5.92 Å². The van der Waals surface area contributed by atoms with Gasteiger partial charge in [-0.1, -0.05) is 31.7 Å². The Balaban J connectivity index is 1.52. The summed E-state index contributed by atoms with van der Waals surface area (Å²) < 4.78 is 16.4. The van der Waals surface area contributed by atoms with Crippen LogP contribution in [-0.4, -0.2) is 63.2 Å². The number of hydrogen-bond donors (Lipinski definition) is 0. The summed E-state index contributed by atoms with van der Waals surface area (Å²) in [5.41, 5.74) is 1.07. The molecule has 1 saturated carbocycles. The number of carbonyl (C=O) groups excluding carboxylic acids is 1. The van der Waals surface area contributed by atoms with Crippen LogP contribution in [0.5, 0.6) is 17.2 Å². The molecule has 1 aromatic rings. The van der Waals surface area contributed by atoms with Gasteiger partial charge in [-0.05, 0) is 18.4 Å². The third-order valence-electron chi connectivity index (χ3n) is 6.15. The Morgan fingerprint density at radius 2 is 1.64 bits per heavy atom. The monoisotopic (exact) mass is 390 g/mol. The largest absolute Gasteiger partial charge is 0.493 e. The highest BCUT2D eigenvalue weighted by molar-refractivity contribution is 5.76. The summed E-state index contributed by atoms with van der Waals surface area (Å²) in [7, 11) is 4.90. The predicted octanol–water partition coefficient (Wildman–Crippen LogP) is 3.33. The second-order valence-electron chi connectivity index (χ2n) is 7.84. The first-order valence-corrected chi connectivity index (χ1v) is 10.4. The summed E-state index contributed by atoms with van der Waals surface area (Å²) >= 11 is 0. The molecule has 0 bridgehead atoms. The van der Waals surface area contributed by atoms with E-state index in [2.05, 4.69) is 4.90 Å². The van der Waals surface area contributed by atoms with Crippen molar-refractivity contribution in [2.45, 2.75) is 45.1 Å². The maximum absolute atomic E-state index is 12.5. The summed E-state index contributed by atoms with van der Waals surface area (Å²) in [6.07, 6.45) is 7.10. The number of rotatable bonds is 8. The second kappa shape index (κ2) is 10.0. The van der Waals surface area contributed by atoms with E-state index in [9.17, 15) is 4.79 Å². The van der Waals surface area contributed by atoms with Crippen LogP contribution in [0.4, 0.5) is 0 Å². The average molecular weight is 391 g/mol. The minimum absolute atomic E-state index is 0.329. The summed E-state index contributed by atoms with van der Waals surface area (Å²) in [5, 5.41) is 0. The van der Waals surface area contributed by atoms with Crippen LogP contribution in [-0.2, 0) is 11.3 Å². The number of piperazine rings is 1. The highest BCUT2D eigenvalue weighted by atomic mass is 16.5. The number of amides is 1. The van der Waals surface area contributed by atoms with Crippen LogP contribution in [0.2, 0.25) is 0 Å². The van der Waals surface area contributed by atoms with Crippen molar-refractivity contribution in [1.82, 2.24) is 9.80 Å². The molecule has 2 fully saturated rings. The Hall–Kier alpha value is -1.95. The number of carbonyl (C=O) groups is 1. The maximum Gasteiger partial charge on any atom is 0.222 e. The molecule has 1 heterocycles. The Morgan fingerprint density at radius 3 is 2.25 bits per heavy atom. The molecular weight excluding hydrogens is 356 g/mol. The van der Waals surface area contributed by atoms with E-state index in [0.29, 0.717) is 23.8 Å². The lowest BCUT2D eigenvalue weighted by Crippen LogP contribution is -2.48. The van der Waals surface area contributed by atoms with Crippen LogP contribution in [0.15, 0.2) is 12.1 Å². The Labute approximate surface area is 168 Å². The molecule has 156 valence electrons. The van der Waals surface area contributed by atoms with Crippen LogP contribution >= 0.6 is 0 Å². The van der Waals surface area contributed by atoms with Gasteiger partial charge in [0.05, 0.1) is 21.3 Å². The van der Waals surface area contributed by atoms with Crippen molar-refractivity contribution >= 4 is 5.91 Å². The van der Waals surface area contributed by atoms with Gasteiger partial charge in [-0.2, -0.15) is 0 Å². The van der Waals surface area contributed by atoms with Crippen molar-refractivity contribution in [3.05, 3.63) is 17.7 Å². The first-order chi connectivity index (χ1) is 13.7. The molecule has 2 aliphatic rings. The standard InChI is InChI=1S/C22H34N2O4/c1-26-19-10-9-18(21(27-2)22(19)28-3)16-23-12-14-24(15-13-23)20(25)11-8-17-6-4-5-7-17/h9-10,17H,4-8,11-16H2,1-3H3. The quantitative estimate of drug-likeness (QED) is 0.682. The molecule has 1 aliphatic heterocycles. The van der Waals surface area contributed by atoms with Crippen molar-refractivity contribution in [3.63, 3.8) is 0 Å². The molecule has 0 aromatic heterocycles. The molecule has 0 spiro atoms. The zero-order chi connectivity index (χ0) is 19.9. The van der Waals surface area contributed by atoms with Gasteiger partial charge in [-0.3, -0.25) is 9.69 Å². The maximum atomic E-state index is 12.5. The normalized spacial score (nSPS) is 18.3. The van der Waals surface area contributed by atoms with E-state index in [0.717, 1.165) is 56.4 Å². The van der Waals surface area contributed by atoms with Crippen LogP contribution in [0.1, 0.15) is 44.1 Å². The SMILES string of the molecule is COc1ccc(CN2CCN(C(=O)CCC3CCCC3)CC2)c(OC)c1OC. The summed E-state index contributed by atoms with van der Waals surface area (Å²) in [4.78, 5) is 16.9. The first kappa shape index (κ1) is 20.8. The molecule has 3 rings (SSSR count). The molecule has 0 unspecified atom stereocenters. The molecule has 1 aliphatic carbocycles. The zero-order valence-corrected chi connectivity index (χ0v) is 17.5. The molecule has 1 aromatic carbocycles. The van der Waals surface area contributed by atoms with Gasteiger partial charge in [0.1, 0.15) is 0 Å². The summed E-state index contributed by atoms with van der Waals surface area (Å²) in [6, 6.07) is 3.94. The zero-order valence-electron chi connectivity index (χ0n) is 17.5. The van der Waals surface area contributed by atoms with Gasteiger partial charge in [-0.15, -0.1) is 0 Å². The Bertz CT molecular complexity index is 650. The van der Waals surface area contributed by atoms with E-state index >= 15 is 0 Å². The highest BCUT2D eigenvalue weighted by Gasteiger charge is 2.24. The molecule has 28 heavy (non-hydrogen) atoms. The number of hydrogen-bond acceptors (Lipinski definition) is 5. The van der Waals surface area contributed by atoms with Gasteiger partial charge in [-0.25, -0.2) is 0 Å². The fourth-order valence-electron chi connectivity index (χ4n) is 4.47. The molecule has 0 atom stereocenters. The first-order valence-electron chi connectivity index (χ1n) is 10.4. The smallest absolute Gasteiger partial charge is 0.222 e. The number of benzene rings is 1. The van der Waals surface area contributed by atoms with E-state index in [1.54, 1.807) is 21.3 Å². The fourth-order valence-corrected chi connectivity index (χ4v) is 4.47. The third kappa shape index (κ3) is 4.90. The van der Waals surface area contributed by atoms with Crippen molar-refractivity contribution in [2.24, 2.45) is 5.92 Å². The van der Waals surface area contributed by atoms with Crippen LogP contribution < -0.4 is 14.2 Å². The van der Waals surface area contributed by atoms with Gasteiger partial charge in [0.15, 0.2) is 11.5 Å². The number of nitrogens with zero attached hydrogens (tertiary/aromatic N) is 2. The van der Waals surface area contributed by atoms with Gasteiger partial charge < -0.3 is 19.1 Å². The lowest BCUT2D eigenvalue weighted by atomic mass is 10.0. The lowest BCUT2D eigenvalue weighted by Gasteiger charge is -2.35. The van der Waals surface area contributed by atoms with E-state index in [1.807, 2.05) is 17.0 Å². The Morgan fingerprint density at radius 1 is 0.964 bits per heavy atom. The molecule has 1 saturated heterocycles. The van der Waals surface area contributed by atoms with E-state index in [4.69, 9.17) is 14.2 Å². The van der Waals surface area contributed by atoms with Gasteiger partial charge in [0.25, 0.3) is 0 Å². The van der Waals surface area contributed by atoms with E-state index in [1.165, 1.54) is 25.7 Å². The molecule has 0 N–H and O–H groups in total. The summed E-state index contributed by atoms with van der Waals surface area (Å²) in [6.45, 7) is 4.14. The minimum Gasteiger partial charge on any atom is -0.493 e. The summed E-state index contributed by atoms with van der Waals surface area (Å²) in [5.74, 6) is 3.12.